The molecule has 4 saturated carbocycles. The quantitative estimate of drug-likeness (QED) is 0.796. The Kier molecular flexibility index (Phi) is 3.42. The fourth-order valence-electron chi connectivity index (χ4n) is 5.92. The number of rotatable bonds is 3. The maximum Gasteiger partial charge on any atom is 0.128 e. The van der Waals surface area contributed by atoms with Crippen LogP contribution in [0.15, 0.2) is 22.7 Å². The van der Waals surface area contributed by atoms with E-state index in [1.807, 2.05) is 6.07 Å². The molecule has 0 heterocycles. The van der Waals surface area contributed by atoms with Crippen LogP contribution in [-0.4, -0.2) is 0 Å². The van der Waals surface area contributed by atoms with Gasteiger partial charge in [-0.2, -0.15) is 0 Å². The first-order valence-corrected chi connectivity index (χ1v) is 9.03. The molecular weight excluding hydrogens is 329 g/mol. The van der Waals surface area contributed by atoms with Crippen molar-refractivity contribution in [2.75, 3.05) is 0 Å². The van der Waals surface area contributed by atoms with E-state index in [1.54, 1.807) is 6.07 Å². The minimum atomic E-state index is -0.168. The molecule has 4 aliphatic carbocycles. The van der Waals surface area contributed by atoms with E-state index in [0.29, 0.717) is 11.0 Å². The predicted molar refractivity (Wildman–Crippen MR) is 86.3 cm³/mol. The highest BCUT2D eigenvalue weighted by molar-refractivity contribution is 9.10. The highest BCUT2D eigenvalue weighted by Gasteiger charge is 2.51. The molecule has 21 heavy (non-hydrogen) atoms. The van der Waals surface area contributed by atoms with Crippen molar-refractivity contribution in [3.05, 3.63) is 34.1 Å². The Balaban J connectivity index is 1.56. The highest BCUT2D eigenvalue weighted by Crippen LogP contribution is 2.62. The molecule has 4 fully saturated rings. The molecule has 114 valence electrons. The van der Waals surface area contributed by atoms with Crippen LogP contribution in [-0.2, 0) is 0 Å². The molecule has 0 radical (unpaired) electrons. The second kappa shape index (κ2) is 5.06. The molecule has 1 nitrogen and oxygen atoms in total. The third kappa shape index (κ3) is 2.57. The van der Waals surface area contributed by atoms with Gasteiger partial charge in [0, 0.05) is 16.1 Å². The molecule has 4 bridgehead atoms. The van der Waals surface area contributed by atoms with E-state index in [9.17, 15) is 4.39 Å². The lowest BCUT2D eigenvalue weighted by Gasteiger charge is -2.57. The highest BCUT2D eigenvalue weighted by atomic mass is 79.9. The van der Waals surface area contributed by atoms with Crippen molar-refractivity contribution in [2.45, 2.75) is 51.0 Å². The summed E-state index contributed by atoms with van der Waals surface area (Å²) in [6, 6.07) is 4.97. The van der Waals surface area contributed by atoms with Crippen molar-refractivity contribution in [3.8, 4) is 0 Å². The Bertz CT molecular complexity index is 521. The zero-order valence-electron chi connectivity index (χ0n) is 12.3. The molecule has 0 aromatic heterocycles. The summed E-state index contributed by atoms with van der Waals surface area (Å²) in [5.41, 5.74) is 7.51. The molecule has 5 rings (SSSR count). The molecule has 1 aromatic rings. The maximum atomic E-state index is 14.1. The first kappa shape index (κ1) is 14.2. The first-order valence-electron chi connectivity index (χ1n) is 8.23. The van der Waals surface area contributed by atoms with E-state index in [-0.39, 0.29) is 11.9 Å². The first-order chi connectivity index (χ1) is 10.0. The lowest BCUT2D eigenvalue weighted by atomic mass is 9.48. The second-order valence-corrected chi connectivity index (χ2v) is 8.81. The smallest absolute Gasteiger partial charge is 0.128 e. The number of hydrogen-bond donors (Lipinski definition) is 1. The topological polar surface area (TPSA) is 26.0 Å². The summed E-state index contributed by atoms with van der Waals surface area (Å²) < 4.78 is 15.0. The lowest BCUT2D eigenvalue weighted by Crippen LogP contribution is -2.47. The van der Waals surface area contributed by atoms with Gasteiger partial charge >= 0.3 is 0 Å². The summed E-state index contributed by atoms with van der Waals surface area (Å²) in [4.78, 5) is 0. The minimum absolute atomic E-state index is 0.157. The standard InChI is InChI=1S/C18H23BrFN/c19-14-1-2-16(20)15(6-14)17(21)10-18-7-11-3-12(8-18)5-13(4-11)9-18/h1-2,6,11-13,17H,3-5,7-10,21H2. The van der Waals surface area contributed by atoms with Gasteiger partial charge in [0.1, 0.15) is 5.82 Å². The average Bonchev–Trinajstić information content (AvgIpc) is 2.39. The van der Waals surface area contributed by atoms with Crippen molar-refractivity contribution < 1.29 is 4.39 Å². The van der Waals surface area contributed by atoms with Crippen molar-refractivity contribution in [1.82, 2.24) is 0 Å². The van der Waals surface area contributed by atoms with Crippen LogP contribution in [0.2, 0.25) is 0 Å². The minimum Gasteiger partial charge on any atom is -0.324 e. The maximum absolute atomic E-state index is 14.1. The summed E-state index contributed by atoms with van der Waals surface area (Å²) in [6.45, 7) is 0. The molecule has 0 amide bonds. The van der Waals surface area contributed by atoms with E-state index in [1.165, 1.54) is 44.6 Å². The lowest BCUT2D eigenvalue weighted by molar-refractivity contribution is -0.0606. The molecule has 0 saturated heterocycles. The fourth-order valence-corrected chi connectivity index (χ4v) is 6.29. The van der Waals surface area contributed by atoms with Crippen molar-refractivity contribution in [2.24, 2.45) is 28.9 Å². The van der Waals surface area contributed by atoms with Gasteiger partial charge in [-0.3, -0.25) is 0 Å². The molecule has 0 aliphatic heterocycles. The Hall–Kier alpha value is -0.410. The Morgan fingerprint density at radius 1 is 1.14 bits per heavy atom. The van der Waals surface area contributed by atoms with E-state index in [4.69, 9.17) is 5.73 Å². The summed E-state index contributed by atoms with van der Waals surface area (Å²) >= 11 is 3.44. The molecule has 4 aliphatic rings. The Morgan fingerprint density at radius 3 is 2.29 bits per heavy atom. The van der Waals surface area contributed by atoms with Crippen LogP contribution in [0.5, 0.6) is 0 Å². The molecule has 1 atom stereocenters. The van der Waals surface area contributed by atoms with Gasteiger partial charge in [-0.25, -0.2) is 4.39 Å². The van der Waals surface area contributed by atoms with Gasteiger partial charge in [-0.05, 0) is 86.3 Å². The monoisotopic (exact) mass is 351 g/mol. The third-order valence-corrected chi connectivity index (χ3v) is 6.67. The van der Waals surface area contributed by atoms with Crippen LogP contribution in [0.1, 0.15) is 56.6 Å². The number of nitrogens with two attached hydrogens (primary N) is 1. The summed E-state index contributed by atoms with van der Waals surface area (Å²) in [5.74, 6) is 2.62. The van der Waals surface area contributed by atoms with Crippen molar-refractivity contribution >= 4 is 15.9 Å². The second-order valence-electron chi connectivity index (χ2n) is 7.89. The van der Waals surface area contributed by atoms with Crippen LogP contribution >= 0.6 is 15.9 Å². The van der Waals surface area contributed by atoms with E-state index in [2.05, 4.69) is 15.9 Å². The van der Waals surface area contributed by atoms with Gasteiger partial charge in [0.15, 0.2) is 0 Å². The molecule has 0 spiro atoms. The van der Waals surface area contributed by atoms with Gasteiger partial charge < -0.3 is 5.73 Å². The molecule has 2 N–H and O–H groups in total. The average molecular weight is 352 g/mol. The largest absolute Gasteiger partial charge is 0.324 e. The summed E-state index contributed by atoms with van der Waals surface area (Å²) in [7, 11) is 0. The normalized spacial score (nSPS) is 38.7. The summed E-state index contributed by atoms with van der Waals surface area (Å²) in [6.07, 6.45) is 9.30. The molecule has 1 unspecified atom stereocenters. The van der Waals surface area contributed by atoms with Crippen molar-refractivity contribution in [3.63, 3.8) is 0 Å². The SMILES string of the molecule is NC(CC12CC3CC(CC(C3)C1)C2)c1cc(Br)ccc1F. The Labute approximate surface area is 134 Å². The zero-order chi connectivity index (χ0) is 14.6. The van der Waals surface area contributed by atoms with Crippen LogP contribution < -0.4 is 5.73 Å². The molecule has 1 aromatic carbocycles. The van der Waals surface area contributed by atoms with E-state index < -0.39 is 0 Å². The third-order valence-electron chi connectivity index (χ3n) is 6.18. The number of benzene rings is 1. The zero-order valence-corrected chi connectivity index (χ0v) is 13.9. The predicted octanol–water partition coefficient (Wildman–Crippen LogP) is 5.19. The van der Waals surface area contributed by atoms with Crippen LogP contribution in [0.3, 0.4) is 0 Å². The fraction of sp³-hybridized carbons (Fsp3) is 0.667. The summed E-state index contributed by atoms with van der Waals surface area (Å²) in [5, 5.41) is 0. The number of halogens is 2. The van der Waals surface area contributed by atoms with E-state index in [0.717, 1.165) is 28.6 Å². The van der Waals surface area contributed by atoms with Crippen LogP contribution in [0.25, 0.3) is 0 Å². The molecular formula is C18H23BrFN. The van der Waals surface area contributed by atoms with Crippen molar-refractivity contribution in [1.29, 1.82) is 0 Å². The number of hydrogen-bond acceptors (Lipinski definition) is 1. The van der Waals surface area contributed by atoms with Gasteiger partial charge in [-0.1, -0.05) is 15.9 Å². The van der Waals surface area contributed by atoms with Gasteiger partial charge in [-0.15, -0.1) is 0 Å². The van der Waals surface area contributed by atoms with Crippen LogP contribution in [0.4, 0.5) is 4.39 Å². The molecule has 3 heteroatoms. The van der Waals surface area contributed by atoms with Gasteiger partial charge in [0.25, 0.3) is 0 Å². The van der Waals surface area contributed by atoms with Crippen LogP contribution in [0, 0.1) is 29.0 Å². The van der Waals surface area contributed by atoms with E-state index >= 15 is 0 Å². The van der Waals surface area contributed by atoms with Gasteiger partial charge in [0.2, 0.25) is 0 Å². The van der Waals surface area contributed by atoms with Gasteiger partial charge in [0.05, 0.1) is 0 Å². The Morgan fingerprint density at radius 2 is 1.71 bits per heavy atom.